The summed E-state index contributed by atoms with van der Waals surface area (Å²) in [7, 11) is 0. The van der Waals surface area contributed by atoms with Gasteiger partial charge in [-0.25, -0.2) is 11.3 Å². The first-order valence-corrected chi connectivity index (χ1v) is 7.68. The molecule has 1 aromatic rings. The van der Waals surface area contributed by atoms with Gasteiger partial charge in [0, 0.05) is 5.92 Å². The van der Waals surface area contributed by atoms with Crippen LogP contribution in [0, 0.1) is 17.8 Å². The molecule has 0 spiro atoms. The topological polar surface area (TPSA) is 67.3 Å². The van der Waals surface area contributed by atoms with E-state index in [2.05, 4.69) is 30.8 Å². The minimum Gasteiger partial charge on any atom is -0.306 e. The van der Waals surface area contributed by atoms with Crippen molar-refractivity contribution in [2.24, 2.45) is 17.6 Å². The van der Waals surface area contributed by atoms with Crippen molar-refractivity contribution in [3.63, 3.8) is 0 Å². The van der Waals surface area contributed by atoms with Gasteiger partial charge in [0.15, 0.2) is 0 Å². The molecule has 0 saturated carbocycles. The fourth-order valence-corrected chi connectivity index (χ4v) is 2.76. The van der Waals surface area contributed by atoms with Gasteiger partial charge in [0.2, 0.25) is 0 Å². The predicted octanol–water partition coefficient (Wildman–Crippen LogP) is 2.54. The first kappa shape index (κ1) is 17.0. The first-order valence-electron chi connectivity index (χ1n) is 7.68. The molecular weight excluding hydrogens is 284 g/mol. The summed E-state index contributed by atoms with van der Waals surface area (Å²) in [5, 5.41) is 1.72. The van der Waals surface area contributed by atoms with Gasteiger partial charge in [-0.05, 0) is 36.6 Å². The van der Waals surface area contributed by atoms with Crippen molar-refractivity contribution in [1.82, 2.24) is 10.4 Å². The second-order valence-corrected chi connectivity index (χ2v) is 5.48. The van der Waals surface area contributed by atoms with E-state index in [0.29, 0.717) is 6.54 Å². The van der Waals surface area contributed by atoms with Gasteiger partial charge in [-0.2, -0.15) is 0 Å². The molecule has 1 aliphatic rings. The summed E-state index contributed by atoms with van der Waals surface area (Å²) in [6, 6.07) is 7.82. The van der Waals surface area contributed by atoms with Crippen LogP contribution in [-0.2, 0) is 6.54 Å². The zero-order valence-corrected chi connectivity index (χ0v) is 13.7. The lowest BCUT2D eigenvalue weighted by molar-refractivity contribution is 0.355. The number of benzene rings is 1. The van der Waals surface area contributed by atoms with Gasteiger partial charge in [0.05, 0.1) is 12.2 Å². The zero-order chi connectivity index (χ0) is 16.8. The molecule has 0 aliphatic carbocycles. The fourth-order valence-electron chi connectivity index (χ4n) is 2.76. The number of rotatable bonds is 3. The van der Waals surface area contributed by atoms with Gasteiger partial charge in [-0.3, -0.25) is 5.84 Å². The third-order valence-electron chi connectivity index (χ3n) is 3.93. The Morgan fingerprint density at radius 1 is 1.35 bits per heavy atom. The van der Waals surface area contributed by atoms with Crippen LogP contribution in [0.25, 0.3) is 0 Å². The molecule has 23 heavy (non-hydrogen) atoms. The summed E-state index contributed by atoms with van der Waals surface area (Å²) < 4.78 is 0. The quantitative estimate of drug-likeness (QED) is 0.456. The molecule has 1 aliphatic heterocycles. The van der Waals surface area contributed by atoms with E-state index in [1.54, 1.807) is 11.1 Å². The molecule has 2 unspecified atom stereocenters. The average molecular weight is 308 g/mol. The number of fused-ring (bicyclic) bond motifs is 1. The largest absolute Gasteiger partial charge is 0.306 e. The highest BCUT2D eigenvalue weighted by molar-refractivity contribution is 5.41. The number of nitrogens with two attached hydrogens (primary N) is 2. The maximum atomic E-state index is 6.33. The molecule has 4 heteroatoms. The Hall–Kier alpha value is -2.32. The van der Waals surface area contributed by atoms with E-state index < -0.39 is 0 Å². The molecule has 120 valence electrons. The highest BCUT2D eigenvalue weighted by Crippen LogP contribution is 2.25. The summed E-state index contributed by atoms with van der Waals surface area (Å²) in [6.45, 7) is 8.52. The second kappa shape index (κ2) is 7.80. The normalized spacial score (nSPS) is 24.8. The Labute approximate surface area is 138 Å². The molecule has 2 atom stereocenters. The van der Waals surface area contributed by atoms with Crippen LogP contribution in [-0.4, -0.2) is 5.01 Å². The fraction of sp³-hybridized carbons (Fsp3) is 0.263. The predicted molar refractivity (Wildman–Crippen MR) is 95.2 cm³/mol. The summed E-state index contributed by atoms with van der Waals surface area (Å²) in [5.41, 5.74) is 6.86. The van der Waals surface area contributed by atoms with E-state index in [4.69, 9.17) is 11.7 Å². The van der Waals surface area contributed by atoms with Gasteiger partial charge < -0.3 is 5.01 Å². The lowest BCUT2D eigenvalue weighted by atomic mass is 9.94. The van der Waals surface area contributed by atoms with Gasteiger partial charge in [-0.1, -0.05) is 54.8 Å². The van der Waals surface area contributed by atoms with Crippen molar-refractivity contribution in [3.8, 4) is 11.8 Å². The first-order chi connectivity index (χ1) is 11.1. The van der Waals surface area contributed by atoms with Crippen LogP contribution in [0.2, 0.25) is 0 Å². The number of hydrogen-bond donors (Lipinski definition) is 3. The number of allylic oxidation sites excluding steroid dienone is 4. The van der Waals surface area contributed by atoms with Crippen LogP contribution in [0.4, 0.5) is 0 Å². The molecule has 0 radical (unpaired) electrons. The number of hydrogen-bond acceptors (Lipinski definition) is 4. The third-order valence-corrected chi connectivity index (χ3v) is 3.93. The molecular formula is C19H24N4. The highest BCUT2D eigenvalue weighted by Gasteiger charge is 2.18. The summed E-state index contributed by atoms with van der Waals surface area (Å²) in [5.74, 6) is 18.6. The van der Waals surface area contributed by atoms with Crippen molar-refractivity contribution in [1.29, 1.82) is 0 Å². The smallest absolute Gasteiger partial charge is 0.107 e. The number of hydrazine groups is 2. The van der Waals surface area contributed by atoms with Crippen LogP contribution >= 0.6 is 0 Å². The standard InChI is InChI=1S/C19H24N4/c1-4-8-16-14(3)11-12-18(22-20)17-10-7-6-9-15(17)13-23(21)19(16)5-2/h4-10,14,18,22H,2,13,20-21H2,1,3H3/b8-4-,19-16-. The molecule has 0 aromatic heterocycles. The highest BCUT2D eigenvalue weighted by atomic mass is 15.4. The lowest BCUT2D eigenvalue weighted by Gasteiger charge is -2.26. The Bertz CT molecular complexity index is 691. The van der Waals surface area contributed by atoms with Crippen molar-refractivity contribution in [2.45, 2.75) is 26.4 Å². The van der Waals surface area contributed by atoms with Crippen molar-refractivity contribution in [3.05, 3.63) is 71.5 Å². The van der Waals surface area contributed by atoms with Crippen LogP contribution < -0.4 is 17.1 Å². The summed E-state index contributed by atoms with van der Waals surface area (Å²) >= 11 is 0. The van der Waals surface area contributed by atoms with Crippen molar-refractivity contribution in [2.75, 3.05) is 0 Å². The van der Waals surface area contributed by atoms with Gasteiger partial charge in [0.25, 0.3) is 0 Å². The summed E-state index contributed by atoms with van der Waals surface area (Å²) in [4.78, 5) is 0. The third kappa shape index (κ3) is 3.72. The van der Waals surface area contributed by atoms with E-state index in [1.807, 2.05) is 43.3 Å². The van der Waals surface area contributed by atoms with E-state index in [9.17, 15) is 0 Å². The van der Waals surface area contributed by atoms with Crippen LogP contribution in [0.1, 0.15) is 31.0 Å². The van der Waals surface area contributed by atoms with E-state index in [-0.39, 0.29) is 12.0 Å². The van der Waals surface area contributed by atoms with Gasteiger partial charge >= 0.3 is 0 Å². The monoisotopic (exact) mass is 308 g/mol. The van der Waals surface area contributed by atoms with Crippen molar-refractivity contribution < 1.29 is 0 Å². The Balaban J connectivity index is 2.64. The van der Waals surface area contributed by atoms with Crippen molar-refractivity contribution >= 4 is 0 Å². The minimum atomic E-state index is -0.223. The lowest BCUT2D eigenvalue weighted by Crippen LogP contribution is -2.33. The zero-order valence-electron chi connectivity index (χ0n) is 13.7. The molecule has 1 heterocycles. The Kier molecular flexibility index (Phi) is 5.78. The van der Waals surface area contributed by atoms with Gasteiger partial charge in [0.1, 0.15) is 6.04 Å². The molecule has 0 amide bonds. The molecule has 5 N–H and O–H groups in total. The number of nitrogens with one attached hydrogen (secondary N) is 1. The van der Waals surface area contributed by atoms with Gasteiger partial charge in [-0.15, -0.1) is 0 Å². The van der Waals surface area contributed by atoms with Crippen LogP contribution in [0.5, 0.6) is 0 Å². The van der Waals surface area contributed by atoms with Crippen LogP contribution in [0.3, 0.4) is 0 Å². The molecule has 0 fully saturated rings. The van der Waals surface area contributed by atoms with E-state index >= 15 is 0 Å². The Morgan fingerprint density at radius 3 is 2.74 bits per heavy atom. The van der Waals surface area contributed by atoms with E-state index in [0.717, 1.165) is 22.4 Å². The molecule has 0 bridgehead atoms. The maximum Gasteiger partial charge on any atom is 0.107 e. The molecule has 0 saturated heterocycles. The molecule has 1 aromatic carbocycles. The molecule has 4 nitrogen and oxygen atoms in total. The average Bonchev–Trinajstić information content (AvgIpc) is 2.55. The minimum absolute atomic E-state index is 0.0198. The second-order valence-electron chi connectivity index (χ2n) is 5.48. The van der Waals surface area contributed by atoms with Crippen LogP contribution in [0.15, 0.2) is 60.3 Å². The van der Waals surface area contributed by atoms with E-state index in [1.165, 1.54) is 0 Å². The number of nitrogens with zero attached hydrogens (tertiary/aromatic N) is 1. The Morgan fingerprint density at radius 2 is 2.09 bits per heavy atom. The molecule has 2 rings (SSSR count). The maximum absolute atomic E-state index is 6.33. The SMILES string of the molecule is C=C/C1=C(\C=C/C)C(C)C#CC(NN)c2ccccc2CN1N. The summed E-state index contributed by atoms with van der Waals surface area (Å²) in [6.07, 6.45) is 5.81.